The first-order chi connectivity index (χ1) is 15.0. The van der Waals surface area contributed by atoms with Gasteiger partial charge in [-0.15, -0.1) is 11.3 Å². The third kappa shape index (κ3) is 4.82. The maximum Gasteiger partial charge on any atom is 0.266 e. The third-order valence-corrected chi connectivity index (χ3v) is 7.20. The summed E-state index contributed by atoms with van der Waals surface area (Å²) in [6.07, 6.45) is 1.57. The molecule has 1 N–H and O–H groups in total. The van der Waals surface area contributed by atoms with Gasteiger partial charge in [0.1, 0.15) is 0 Å². The number of anilines is 2. The van der Waals surface area contributed by atoms with Crippen molar-refractivity contribution in [2.75, 3.05) is 9.62 Å². The van der Waals surface area contributed by atoms with Crippen molar-refractivity contribution in [3.63, 3.8) is 0 Å². The Morgan fingerprint density at radius 2 is 1.55 bits per heavy atom. The number of nitrogens with zero attached hydrogens (tertiary/aromatic N) is 2. The Kier molecular flexibility index (Phi) is 6.11. The van der Waals surface area contributed by atoms with Gasteiger partial charge in [-0.05, 0) is 42.0 Å². The fourth-order valence-corrected chi connectivity index (χ4v) is 5.26. The highest BCUT2D eigenvalue weighted by molar-refractivity contribution is 7.93. The molecule has 1 heterocycles. The van der Waals surface area contributed by atoms with Gasteiger partial charge in [0.05, 0.1) is 11.4 Å². The summed E-state index contributed by atoms with van der Waals surface area (Å²) < 4.78 is 27.8. The van der Waals surface area contributed by atoms with Crippen molar-refractivity contribution in [3.8, 4) is 0 Å². The number of carbonyl (C=O) groups excluding carboxylic acids is 1. The number of hydrogen-bond donors (Lipinski definition) is 1. The Bertz CT molecular complexity index is 1240. The molecular formula is C23H19N3O3S2. The van der Waals surface area contributed by atoms with Crippen molar-refractivity contribution < 1.29 is 13.2 Å². The quantitative estimate of drug-likeness (QED) is 0.440. The van der Waals surface area contributed by atoms with Gasteiger partial charge in [-0.2, -0.15) is 0 Å². The number of sulfonamides is 1. The van der Waals surface area contributed by atoms with Gasteiger partial charge in [-0.1, -0.05) is 48.5 Å². The number of benzene rings is 3. The largest absolute Gasteiger partial charge is 0.322 e. The molecule has 4 rings (SSSR count). The molecule has 0 aliphatic heterocycles. The highest BCUT2D eigenvalue weighted by atomic mass is 32.2. The number of aromatic nitrogens is 1. The van der Waals surface area contributed by atoms with Crippen molar-refractivity contribution in [1.82, 2.24) is 4.98 Å². The van der Waals surface area contributed by atoms with Crippen LogP contribution in [0, 0.1) is 0 Å². The van der Waals surface area contributed by atoms with Crippen LogP contribution < -0.4 is 9.62 Å². The zero-order chi connectivity index (χ0) is 21.7. The SMILES string of the molecule is O=C(Nc1ccccc1)c1ccc(CN(c2nccs2)S(=O)(=O)c2ccccc2)cc1. The molecule has 0 aliphatic rings. The molecule has 8 heteroatoms. The molecule has 31 heavy (non-hydrogen) atoms. The van der Waals surface area contributed by atoms with E-state index in [0.717, 1.165) is 5.56 Å². The summed E-state index contributed by atoms with van der Waals surface area (Å²) in [6.45, 7) is 0.103. The van der Waals surface area contributed by atoms with Crippen LogP contribution in [-0.2, 0) is 16.6 Å². The standard InChI is InChI=1S/C23H19N3O3S2/c27-22(25-20-7-3-1-4-8-20)19-13-11-18(12-14-19)17-26(23-24-15-16-30-23)31(28,29)21-9-5-2-6-10-21/h1-16H,17H2,(H,25,27). The summed E-state index contributed by atoms with van der Waals surface area (Å²) in [5.74, 6) is -0.230. The molecule has 0 atom stereocenters. The zero-order valence-electron chi connectivity index (χ0n) is 16.4. The van der Waals surface area contributed by atoms with Crippen LogP contribution in [0.5, 0.6) is 0 Å². The number of carbonyl (C=O) groups is 1. The van der Waals surface area contributed by atoms with E-state index in [0.29, 0.717) is 16.4 Å². The van der Waals surface area contributed by atoms with E-state index in [4.69, 9.17) is 0 Å². The number of hydrogen-bond acceptors (Lipinski definition) is 5. The van der Waals surface area contributed by atoms with Crippen LogP contribution in [0.2, 0.25) is 0 Å². The fourth-order valence-electron chi connectivity index (χ4n) is 2.97. The molecular weight excluding hydrogens is 430 g/mol. The minimum absolute atomic E-state index is 0.103. The zero-order valence-corrected chi connectivity index (χ0v) is 18.0. The summed E-state index contributed by atoms with van der Waals surface area (Å²) in [5.41, 5.74) is 1.94. The summed E-state index contributed by atoms with van der Waals surface area (Å²) >= 11 is 1.25. The van der Waals surface area contributed by atoms with E-state index in [1.54, 1.807) is 66.2 Å². The molecule has 1 aromatic heterocycles. The maximum atomic E-state index is 13.2. The third-order valence-electron chi connectivity index (χ3n) is 4.54. The van der Waals surface area contributed by atoms with Gasteiger partial charge in [-0.3, -0.25) is 4.79 Å². The Balaban J connectivity index is 1.56. The smallest absolute Gasteiger partial charge is 0.266 e. The van der Waals surface area contributed by atoms with Gasteiger partial charge in [0.2, 0.25) is 0 Å². The van der Waals surface area contributed by atoms with Gasteiger partial charge in [-0.25, -0.2) is 17.7 Å². The molecule has 1 amide bonds. The van der Waals surface area contributed by atoms with Gasteiger partial charge < -0.3 is 5.32 Å². The second-order valence-corrected chi connectivity index (χ2v) is 9.39. The predicted octanol–water partition coefficient (Wildman–Crippen LogP) is 4.79. The first-order valence-electron chi connectivity index (χ1n) is 9.47. The lowest BCUT2D eigenvalue weighted by molar-refractivity contribution is 0.102. The molecule has 0 spiro atoms. The van der Waals surface area contributed by atoms with Gasteiger partial charge in [0.15, 0.2) is 5.13 Å². The average molecular weight is 450 g/mol. The lowest BCUT2D eigenvalue weighted by atomic mass is 10.1. The molecule has 0 fully saturated rings. The number of nitrogens with one attached hydrogen (secondary N) is 1. The van der Waals surface area contributed by atoms with E-state index >= 15 is 0 Å². The molecule has 4 aromatic rings. The van der Waals surface area contributed by atoms with Crippen molar-refractivity contribution in [2.24, 2.45) is 0 Å². The highest BCUT2D eigenvalue weighted by Crippen LogP contribution is 2.27. The van der Waals surface area contributed by atoms with Gasteiger partial charge in [0, 0.05) is 22.8 Å². The van der Waals surface area contributed by atoms with Crippen molar-refractivity contribution in [2.45, 2.75) is 11.4 Å². The van der Waals surface area contributed by atoms with E-state index in [-0.39, 0.29) is 17.3 Å². The van der Waals surface area contributed by atoms with Gasteiger partial charge >= 0.3 is 0 Å². The van der Waals surface area contributed by atoms with Crippen LogP contribution in [0.4, 0.5) is 10.8 Å². The summed E-state index contributed by atoms with van der Waals surface area (Å²) in [5, 5.41) is 4.95. The van der Waals surface area contributed by atoms with Crippen LogP contribution in [0.25, 0.3) is 0 Å². The normalized spacial score (nSPS) is 11.1. The topological polar surface area (TPSA) is 79.4 Å². The highest BCUT2D eigenvalue weighted by Gasteiger charge is 2.26. The summed E-state index contributed by atoms with van der Waals surface area (Å²) in [7, 11) is -3.79. The Morgan fingerprint density at radius 3 is 2.16 bits per heavy atom. The maximum absolute atomic E-state index is 13.2. The van der Waals surface area contributed by atoms with Crippen molar-refractivity contribution >= 4 is 38.1 Å². The predicted molar refractivity (Wildman–Crippen MR) is 123 cm³/mol. The fraction of sp³-hybridized carbons (Fsp3) is 0.0435. The second kappa shape index (κ2) is 9.11. The summed E-state index contributed by atoms with van der Waals surface area (Å²) in [4.78, 5) is 16.8. The molecule has 0 bridgehead atoms. The van der Waals surface area contributed by atoms with Crippen LogP contribution in [0.3, 0.4) is 0 Å². The molecule has 0 aliphatic carbocycles. The minimum atomic E-state index is -3.79. The van der Waals surface area contributed by atoms with E-state index in [9.17, 15) is 13.2 Å². The lowest BCUT2D eigenvalue weighted by Crippen LogP contribution is -2.30. The molecule has 6 nitrogen and oxygen atoms in total. The van der Waals surface area contributed by atoms with E-state index < -0.39 is 10.0 Å². The Labute approximate surface area is 184 Å². The van der Waals surface area contributed by atoms with Gasteiger partial charge in [0.25, 0.3) is 15.9 Å². The average Bonchev–Trinajstić information content (AvgIpc) is 3.33. The minimum Gasteiger partial charge on any atom is -0.322 e. The second-order valence-electron chi connectivity index (χ2n) is 6.66. The van der Waals surface area contributed by atoms with Crippen LogP contribution in [0.15, 0.2) is 101 Å². The first kappa shape index (κ1) is 20.8. The summed E-state index contributed by atoms with van der Waals surface area (Å²) in [6, 6.07) is 24.3. The number of thiazole rings is 1. The van der Waals surface area contributed by atoms with Crippen LogP contribution in [-0.4, -0.2) is 19.3 Å². The molecule has 0 unspecified atom stereocenters. The van der Waals surface area contributed by atoms with E-state index in [2.05, 4.69) is 10.3 Å². The Hall–Kier alpha value is -3.49. The van der Waals surface area contributed by atoms with E-state index in [1.807, 2.05) is 30.3 Å². The number of rotatable bonds is 7. The van der Waals surface area contributed by atoms with Crippen molar-refractivity contribution in [3.05, 3.63) is 108 Å². The number of para-hydroxylation sites is 1. The Morgan fingerprint density at radius 1 is 0.903 bits per heavy atom. The monoisotopic (exact) mass is 449 g/mol. The lowest BCUT2D eigenvalue weighted by Gasteiger charge is -2.22. The van der Waals surface area contributed by atoms with Crippen molar-refractivity contribution in [1.29, 1.82) is 0 Å². The molecule has 156 valence electrons. The number of amides is 1. The molecule has 0 radical (unpaired) electrons. The molecule has 0 saturated carbocycles. The van der Waals surface area contributed by atoms with Crippen LogP contribution in [0.1, 0.15) is 15.9 Å². The molecule has 3 aromatic carbocycles. The molecule has 0 saturated heterocycles. The first-order valence-corrected chi connectivity index (χ1v) is 11.8. The van der Waals surface area contributed by atoms with Crippen LogP contribution >= 0.6 is 11.3 Å². The van der Waals surface area contributed by atoms with E-state index in [1.165, 1.54) is 15.6 Å².